The van der Waals surface area contributed by atoms with Crippen LogP contribution in [0.15, 0.2) is 22.8 Å². The van der Waals surface area contributed by atoms with E-state index in [9.17, 15) is 4.79 Å². The van der Waals surface area contributed by atoms with Gasteiger partial charge in [0.1, 0.15) is 5.76 Å². The highest BCUT2D eigenvalue weighted by Gasteiger charge is 2.43. The van der Waals surface area contributed by atoms with Crippen LogP contribution in [0.1, 0.15) is 25.0 Å². The maximum absolute atomic E-state index is 11.0. The molecule has 1 saturated carbocycles. The lowest BCUT2D eigenvalue weighted by atomic mass is 9.69. The van der Waals surface area contributed by atoms with Gasteiger partial charge < -0.3 is 14.8 Å². The van der Waals surface area contributed by atoms with Gasteiger partial charge in [-0.05, 0) is 25.0 Å². The van der Waals surface area contributed by atoms with Crippen LogP contribution in [0.3, 0.4) is 0 Å². The SMILES string of the molecule is O=C(O)C1(CNCc2ccco2)CCC1. The summed E-state index contributed by atoms with van der Waals surface area (Å²) in [6.07, 6.45) is 4.21. The molecule has 1 aromatic heterocycles. The minimum atomic E-state index is -0.680. The normalized spacial score (nSPS) is 18.4. The second-order valence-corrected chi connectivity index (χ2v) is 4.12. The minimum absolute atomic E-state index is 0.521. The zero-order chi connectivity index (χ0) is 10.7. The molecule has 15 heavy (non-hydrogen) atoms. The summed E-state index contributed by atoms with van der Waals surface area (Å²) in [5, 5.41) is 12.2. The molecular formula is C11H15NO3. The number of carbonyl (C=O) groups is 1. The van der Waals surface area contributed by atoms with Crippen molar-refractivity contribution in [2.45, 2.75) is 25.8 Å². The summed E-state index contributed by atoms with van der Waals surface area (Å²) >= 11 is 0. The lowest BCUT2D eigenvalue weighted by Gasteiger charge is -2.37. The molecule has 0 bridgehead atoms. The van der Waals surface area contributed by atoms with E-state index in [-0.39, 0.29) is 0 Å². The number of rotatable bonds is 5. The zero-order valence-corrected chi connectivity index (χ0v) is 8.53. The van der Waals surface area contributed by atoms with Crippen LogP contribution in [0.4, 0.5) is 0 Å². The smallest absolute Gasteiger partial charge is 0.310 e. The number of hydrogen-bond acceptors (Lipinski definition) is 3. The van der Waals surface area contributed by atoms with Crippen molar-refractivity contribution in [2.75, 3.05) is 6.54 Å². The molecular weight excluding hydrogens is 194 g/mol. The molecule has 1 aliphatic rings. The topological polar surface area (TPSA) is 62.5 Å². The molecule has 1 aliphatic carbocycles. The van der Waals surface area contributed by atoms with Gasteiger partial charge in [0.05, 0.1) is 18.2 Å². The maximum Gasteiger partial charge on any atom is 0.310 e. The maximum atomic E-state index is 11.0. The first-order chi connectivity index (χ1) is 7.23. The van der Waals surface area contributed by atoms with Crippen LogP contribution in [-0.4, -0.2) is 17.6 Å². The fraction of sp³-hybridized carbons (Fsp3) is 0.545. The molecule has 4 nitrogen and oxygen atoms in total. The summed E-state index contributed by atoms with van der Waals surface area (Å²) in [4.78, 5) is 11.0. The summed E-state index contributed by atoms with van der Waals surface area (Å²) in [5.74, 6) is 0.163. The molecule has 2 rings (SSSR count). The van der Waals surface area contributed by atoms with Crippen molar-refractivity contribution < 1.29 is 14.3 Å². The Morgan fingerprint density at radius 2 is 2.40 bits per heavy atom. The third-order valence-corrected chi connectivity index (χ3v) is 3.11. The molecule has 0 radical (unpaired) electrons. The van der Waals surface area contributed by atoms with Crippen molar-refractivity contribution in [1.82, 2.24) is 5.32 Å². The average molecular weight is 209 g/mol. The van der Waals surface area contributed by atoms with Gasteiger partial charge in [-0.2, -0.15) is 0 Å². The molecule has 0 spiro atoms. The monoisotopic (exact) mass is 209 g/mol. The van der Waals surface area contributed by atoms with Crippen molar-refractivity contribution in [3.8, 4) is 0 Å². The van der Waals surface area contributed by atoms with Gasteiger partial charge in [0.15, 0.2) is 0 Å². The first-order valence-corrected chi connectivity index (χ1v) is 5.19. The number of aliphatic carboxylic acids is 1. The van der Waals surface area contributed by atoms with Gasteiger partial charge in [-0.25, -0.2) is 0 Å². The van der Waals surface area contributed by atoms with Gasteiger partial charge in [-0.3, -0.25) is 4.79 Å². The lowest BCUT2D eigenvalue weighted by molar-refractivity contribution is -0.154. The predicted octanol–water partition coefficient (Wildman–Crippen LogP) is 1.62. The Hall–Kier alpha value is -1.29. The van der Waals surface area contributed by atoms with E-state index >= 15 is 0 Å². The van der Waals surface area contributed by atoms with Gasteiger partial charge in [-0.1, -0.05) is 6.42 Å². The highest BCUT2D eigenvalue weighted by Crippen LogP contribution is 2.40. The molecule has 0 saturated heterocycles. The Bertz CT molecular complexity index is 328. The number of carboxylic acids is 1. The van der Waals surface area contributed by atoms with E-state index in [4.69, 9.17) is 9.52 Å². The summed E-state index contributed by atoms with van der Waals surface area (Å²) < 4.78 is 5.15. The molecule has 0 amide bonds. The molecule has 0 atom stereocenters. The fourth-order valence-electron chi connectivity index (χ4n) is 1.91. The number of hydrogen-bond donors (Lipinski definition) is 2. The molecule has 1 heterocycles. The third-order valence-electron chi connectivity index (χ3n) is 3.11. The van der Waals surface area contributed by atoms with Crippen LogP contribution in [0.2, 0.25) is 0 Å². The Balaban J connectivity index is 1.80. The van der Waals surface area contributed by atoms with Crippen LogP contribution < -0.4 is 5.32 Å². The summed E-state index contributed by atoms with van der Waals surface area (Å²) in [6.45, 7) is 1.13. The Morgan fingerprint density at radius 3 is 2.87 bits per heavy atom. The van der Waals surface area contributed by atoms with Crippen molar-refractivity contribution in [3.05, 3.63) is 24.2 Å². The predicted molar refractivity (Wildman–Crippen MR) is 54.3 cm³/mol. The van der Waals surface area contributed by atoms with Gasteiger partial charge in [0, 0.05) is 6.54 Å². The van der Waals surface area contributed by atoms with E-state index in [1.54, 1.807) is 6.26 Å². The van der Waals surface area contributed by atoms with E-state index in [1.807, 2.05) is 12.1 Å². The lowest BCUT2D eigenvalue weighted by Crippen LogP contribution is -2.45. The Morgan fingerprint density at radius 1 is 1.60 bits per heavy atom. The van der Waals surface area contributed by atoms with Gasteiger partial charge in [0.25, 0.3) is 0 Å². The summed E-state index contributed by atoms with van der Waals surface area (Å²) in [5.41, 5.74) is -0.521. The number of carboxylic acid groups (broad SMARTS) is 1. The second-order valence-electron chi connectivity index (χ2n) is 4.12. The van der Waals surface area contributed by atoms with Crippen LogP contribution in [0, 0.1) is 5.41 Å². The van der Waals surface area contributed by atoms with Crippen molar-refractivity contribution >= 4 is 5.97 Å². The van der Waals surface area contributed by atoms with E-state index in [2.05, 4.69) is 5.32 Å². The van der Waals surface area contributed by atoms with Gasteiger partial charge in [0.2, 0.25) is 0 Å². The quantitative estimate of drug-likeness (QED) is 0.773. The van der Waals surface area contributed by atoms with Crippen LogP contribution in [0.5, 0.6) is 0 Å². The molecule has 0 unspecified atom stereocenters. The minimum Gasteiger partial charge on any atom is -0.481 e. The van der Waals surface area contributed by atoms with E-state index in [0.29, 0.717) is 13.1 Å². The molecule has 1 fully saturated rings. The Kier molecular flexibility index (Phi) is 2.77. The van der Waals surface area contributed by atoms with Crippen LogP contribution >= 0.6 is 0 Å². The summed E-state index contributed by atoms with van der Waals surface area (Å²) in [7, 11) is 0. The number of furan rings is 1. The van der Waals surface area contributed by atoms with Crippen LogP contribution in [-0.2, 0) is 11.3 Å². The first-order valence-electron chi connectivity index (χ1n) is 5.19. The zero-order valence-electron chi connectivity index (χ0n) is 8.53. The van der Waals surface area contributed by atoms with Crippen molar-refractivity contribution in [2.24, 2.45) is 5.41 Å². The molecule has 2 N–H and O–H groups in total. The van der Waals surface area contributed by atoms with Crippen LogP contribution in [0.25, 0.3) is 0 Å². The highest BCUT2D eigenvalue weighted by atomic mass is 16.4. The fourth-order valence-corrected chi connectivity index (χ4v) is 1.91. The van der Waals surface area contributed by atoms with Crippen molar-refractivity contribution in [1.29, 1.82) is 0 Å². The van der Waals surface area contributed by atoms with E-state index in [0.717, 1.165) is 25.0 Å². The van der Waals surface area contributed by atoms with Gasteiger partial charge >= 0.3 is 5.97 Å². The largest absolute Gasteiger partial charge is 0.481 e. The standard InChI is InChI=1S/C11H15NO3/c13-10(14)11(4-2-5-11)8-12-7-9-3-1-6-15-9/h1,3,6,12H,2,4-5,7-8H2,(H,13,14). The Labute approximate surface area is 88.3 Å². The van der Waals surface area contributed by atoms with Gasteiger partial charge in [-0.15, -0.1) is 0 Å². The molecule has 4 heteroatoms. The molecule has 0 aliphatic heterocycles. The van der Waals surface area contributed by atoms with E-state index < -0.39 is 11.4 Å². The highest BCUT2D eigenvalue weighted by molar-refractivity contribution is 5.76. The molecule has 82 valence electrons. The second kappa shape index (κ2) is 4.06. The van der Waals surface area contributed by atoms with E-state index in [1.165, 1.54) is 0 Å². The first kappa shape index (κ1) is 10.2. The third kappa shape index (κ3) is 2.04. The molecule has 0 aromatic carbocycles. The molecule has 1 aromatic rings. The summed E-state index contributed by atoms with van der Waals surface area (Å²) in [6, 6.07) is 3.70. The average Bonchev–Trinajstić information content (AvgIpc) is 2.61. The van der Waals surface area contributed by atoms with Crippen molar-refractivity contribution in [3.63, 3.8) is 0 Å². The number of nitrogens with one attached hydrogen (secondary N) is 1.